The van der Waals surface area contributed by atoms with Gasteiger partial charge < -0.3 is 15.0 Å². The van der Waals surface area contributed by atoms with Crippen LogP contribution in [0.1, 0.15) is 18.5 Å². The molecule has 1 atom stereocenters. The molecule has 5 aromatic rings. The fraction of sp³-hybridized carbons (Fsp3) is 0.136. The summed E-state index contributed by atoms with van der Waals surface area (Å²) in [6.07, 6.45) is 4.57. The molecule has 0 fully saturated rings. The van der Waals surface area contributed by atoms with Crippen LogP contribution in [0.2, 0.25) is 5.02 Å². The zero-order valence-electron chi connectivity index (χ0n) is 17.1. The minimum atomic E-state index is -0.474. The number of imidazole rings is 1. The maximum absolute atomic E-state index is 14.6. The van der Waals surface area contributed by atoms with Gasteiger partial charge in [0.25, 0.3) is 0 Å². The van der Waals surface area contributed by atoms with Crippen molar-refractivity contribution in [3.8, 4) is 16.9 Å². The lowest BCUT2D eigenvalue weighted by Gasteiger charge is -2.21. The number of ether oxygens (including phenoxy) is 1. The minimum Gasteiger partial charge on any atom is -0.494 e. The summed E-state index contributed by atoms with van der Waals surface area (Å²) in [6, 6.07) is 8.15. The Morgan fingerprint density at radius 2 is 2.03 bits per heavy atom. The summed E-state index contributed by atoms with van der Waals surface area (Å²) in [5.41, 5.74) is 3.96. The van der Waals surface area contributed by atoms with E-state index in [0.29, 0.717) is 38.6 Å². The largest absolute Gasteiger partial charge is 0.494 e. The van der Waals surface area contributed by atoms with Crippen molar-refractivity contribution in [2.24, 2.45) is 0 Å². The van der Waals surface area contributed by atoms with Crippen molar-refractivity contribution in [3.05, 3.63) is 65.6 Å². The molecule has 10 heteroatoms. The number of aromatic amines is 1. The van der Waals surface area contributed by atoms with Crippen LogP contribution in [0.15, 0.2) is 49.2 Å². The number of nitrogens with zero attached hydrogens (tertiary/aromatic N) is 5. The summed E-state index contributed by atoms with van der Waals surface area (Å²) in [6.45, 7) is 1.96. The van der Waals surface area contributed by atoms with E-state index in [-0.39, 0.29) is 11.8 Å². The molecule has 0 bridgehead atoms. The fourth-order valence-corrected chi connectivity index (χ4v) is 4.03. The summed E-state index contributed by atoms with van der Waals surface area (Å²) in [5, 5.41) is 13.0. The molecule has 0 amide bonds. The third-order valence-electron chi connectivity index (χ3n) is 5.27. The molecule has 0 aliphatic carbocycles. The van der Waals surface area contributed by atoms with Crippen molar-refractivity contribution in [3.63, 3.8) is 0 Å². The molecule has 0 spiro atoms. The number of H-pyrrole nitrogens is 1. The molecule has 0 aliphatic heterocycles. The van der Waals surface area contributed by atoms with Crippen LogP contribution < -0.4 is 10.1 Å². The van der Waals surface area contributed by atoms with Crippen LogP contribution in [-0.4, -0.2) is 37.2 Å². The van der Waals surface area contributed by atoms with Gasteiger partial charge in [-0.1, -0.05) is 17.7 Å². The van der Waals surface area contributed by atoms with E-state index in [1.165, 1.54) is 19.5 Å². The van der Waals surface area contributed by atoms with Gasteiger partial charge in [0.2, 0.25) is 0 Å². The Bertz CT molecular complexity index is 1460. The Labute approximate surface area is 186 Å². The van der Waals surface area contributed by atoms with Gasteiger partial charge in [-0.2, -0.15) is 5.10 Å². The number of benzene rings is 2. The van der Waals surface area contributed by atoms with Crippen molar-refractivity contribution in [1.29, 1.82) is 0 Å². The quantitative estimate of drug-likeness (QED) is 0.392. The molecule has 8 nitrogen and oxygen atoms in total. The lowest BCUT2D eigenvalue weighted by atomic mass is 9.92. The second-order valence-electron chi connectivity index (χ2n) is 7.15. The van der Waals surface area contributed by atoms with Crippen molar-refractivity contribution in [1.82, 2.24) is 30.1 Å². The highest BCUT2D eigenvalue weighted by atomic mass is 35.5. The summed E-state index contributed by atoms with van der Waals surface area (Å²) >= 11 is 6.59. The second-order valence-corrected chi connectivity index (χ2v) is 7.56. The molecule has 3 aromatic heterocycles. The van der Waals surface area contributed by atoms with Crippen LogP contribution >= 0.6 is 11.6 Å². The predicted octanol–water partition coefficient (Wildman–Crippen LogP) is 4.94. The second kappa shape index (κ2) is 8.01. The molecular formula is C22H17ClFN7O. The van der Waals surface area contributed by atoms with Crippen molar-refractivity contribution >= 4 is 39.5 Å². The average Bonchev–Trinajstić information content (AvgIpc) is 3.29. The lowest BCUT2D eigenvalue weighted by Crippen LogP contribution is -2.11. The Balaban J connectivity index is 1.69. The standard InChI is InChI=1S/C22H17ClFN7O/c1-11(30-22-20-21(26-9-25-20)27-10-28-22)14-8-15(23)13-5-6-29-31-19(13)18(14)12-3-4-17(32-2)16(24)7-12/h3-11H,1-2H3,(H2,25,26,27,28,30). The van der Waals surface area contributed by atoms with Crippen LogP contribution in [0.5, 0.6) is 5.75 Å². The van der Waals surface area contributed by atoms with Gasteiger partial charge in [-0.3, -0.25) is 0 Å². The van der Waals surface area contributed by atoms with Gasteiger partial charge in [-0.05, 0) is 42.3 Å². The summed E-state index contributed by atoms with van der Waals surface area (Å²) in [7, 11) is 1.43. The van der Waals surface area contributed by atoms with E-state index in [1.54, 1.807) is 30.7 Å². The van der Waals surface area contributed by atoms with Crippen molar-refractivity contribution in [2.45, 2.75) is 13.0 Å². The van der Waals surface area contributed by atoms with Gasteiger partial charge in [0.15, 0.2) is 23.0 Å². The average molecular weight is 450 g/mol. The third kappa shape index (κ3) is 3.36. The van der Waals surface area contributed by atoms with Crippen LogP contribution in [0.3, 0.4) is 0 Å². The van der Waals surface area contributed by atoms with Gasteiger partial charge >= 0.3 is 0 Å². The number of methoxy groups -OCH3 is 1. The molecule has 0 saturated carbocycles. The van der Waals surface area contributed by atoms with E-state index in [9.17, 15) is 4.39 Å². The van der Waals surface area contributed by atoms with Gasteiger partial charge in [0.1, 0.15) is 17.4 Å². The number of halogens is 2. The SMILES string of the molecule is COc1ccc(-c2c(C(C)Nc3ncnc4nc[nH]c34)cc(Cl)c3ccnnc23)cc1F. The summed E-state index contributed by atoms with van der Waals surface area (Å²) < 4.78 is 19.7. The predicted molar refractivity (Wildman–Crippen MR) is 120 cm³/mol. The van der Waals surface area contributed by atoms with Crippen LogP contribution in [0.25, 0.3) is 33.2 Å². The number of hydrogen-bond donors (Lipinski definition) is 2. The molecule has 0 aliphatic rings. The Morgan fingerprint density at radius 3 is 2.84 bits per heavy atom. The zero-order valence-corrected chi connectivity index (χ0v) is 17.9. The van der Waals surface area contributed by atoms with Gasteiger partial charge in [-0.25, -0.2) is 19.3 Å². The van der Waals surface area contributed by atoms with E-state index in [0.717, 1.165) is 10.9 Å². The highest BCUT2D eigenvalue weighted by molar-refractivity contribution is 6.36. The number of fused-ring (bicyclic) bond motifs is 2. The summed E-state index contributed by atoms with van der Waals surface area (Å²) in [4.78, 5) is 15.7. The molecule has 3 heterocycles. The molecule has 32 heavy (non-hydrogen) atoms. The highest BCUT2D eigenvalue weighted by Gasteiger charge is 2.21. The number of hydrogen-bond acceptors (Lipinski definition) is 7. The van der Waals surface area contributed by atoms with Crippen molar-refractivity contribution < 1.29 is 9.13 Å². The maximum atomic E-state index is 14.6. The molecule has 160 valence electrons. The molecule has 0 radical (unpaired) electrons. The van der Waals surface area contributed by atoms with E-state index in [1.807, 2.05) is 13.0 Å². The number of nitrogens with one attached hydrogen (secondary N) is 2. The van der Waals surface area contributed by atoms with Gasteiger partial charge in [0.05, 0.1) is 30.7 Å². The number of rotatable bonds is 5. The first kappa shape index (κ1) is 20.1. The summed E-state index contributed by atoms with van der Waals surface area (Å²) in [5.74, 6) is 0.272. The zero-order chi connectivity index (χ0) is 22.2. The van der Waals surface area contributed by atoms with Gasteiger partial charge in [-0.15, -0.1) is 5.10 Å². The Morgan fingerprint density at radius 1 is 1.16 bits per heavy atom. The Hall–Kier alpha value is -3.85. The van der Waals surface area contributed by atoms with Crippen LogP contribution in [0, 0.1) is 5.82 Å². The molecule has 2 N–H and O–H groups in total. The van der Waals surface area contributed by atoms with E-state index in [4.69, 9.17) is 16.3 Å². The van der Waals surface area contributed by atoms with Crippen LogP contribution in [-0.2, 0) is 0 Å². The smallest absolute Gasteiger partial charge is 0.182 e. The lowest BCUT2D eigenvalue weighted by molar-refractivity contribution is 0.386. The number of aromatic nitrogens is 6. The van der Waals surface area contributed by atoms with Crippen LogP contribution in [0.4, 0.5) is 10.2 Å². The minimum absolute atomic E-state index is 0.161. The molecule has 5 rings (SSSR count). The van der Waals surface area contributed by atoms with Crippen molar-refractivity contribution in [2.75, 3.05) is 12.4 Å². The Kier molecular flexibility index (Phi) is 5.02. The highest BCUT2D eigenvalue weighted by Crippen LogP contribution is 2.40. The topological polar surface area (TPSA) is 102 Å². The fourth-order valence-electron chi connectivity index (χ4n) is 3.76. The molecule has 1 unspecified atom stereocenters. The number of anilines is 1. The van der Waals surface area contributed by atoms with E-state index >= 15 is 0 Å². The monoisotopic (exact) mass is 449 g/mol. The van der Waals surface area contributed by atoms with Gasteiger partial charge in [0, 0.05) is 10.9 Å². The normalized spacial score (nSPS) is 12.2. The third-order valence-corrected chi connectivity index (χ3v) is 5.58. The first-order valence-corrected chi connectivity index (χ1v) is 10.1. The molecular weight excluding hydrogens is 433 g/mol. The first-order chi connectivity index (χ1) is 15.6. The van der Waals surface area contributed by atoms with E-state index < -0.39 is 5.82 Å². The maximum Gasteiger partial charge on any atom is 0.182 e. The first-order valence-electron chi connectivity index (χ1n) is 9.75. The van der Waals surface area contributed by atoms with E-state index in [2.05, 4.69) is 35.5 Å². The molecule has 2 aromatic carbocycles. The molecule has 0 saturated heterocycles.